The lowest BCUT2D eigenvalue weighted by molar-refractivity contribution is -0.0295. The summed E-state index contributed by atoms with van der Waals surface area (Å²) < 4.78 is 11.2. The van der Waals surface area contributed by atoms with Crippen molar-refractivity contribution in [3.05, 3.63) is 29.7 Å². The van der Waals surface area contributed by atoms with Gasteiger partial charge in [0.05, 0.1) is 30.2 Å². The van der Waals surface area contributed by atoms with Gasteiger partial charge in [-0.2, -0.15) is 0 Å². The highest BCUT2D eigenvalue weighted by Crippen LogP contribution is 2.25. The molecular formula is C20H28N4O3S. The Morgan fingerprint density at radius 2 is 2.25 bits per heavy atom. The lowest BCUT2D eigenvalue weighted by Gasteiger charge is -2.34. The van der Waals surface area contributed by atoms with E-state index in [0.717, 1.165) is 19.6 Å². The number of carbonyl (C=O) groups excluding carboxylic acids is 1. The third-order valence-corrected chi connectivity index (χ3v) is 5.24. The van der Waals surface area contributed by atoms with Crippen molar-refractivity contribution >= 4 is 17.7 Å². The fourth-order valence-corrected chi connectivity index (χ4v) is 3.98. The first-order chi connectivity index (χ1) is 13.5. The molecule has 0 spiro atoms. The number of thioether (sulfide) groups is 1. The quantitative estimate of drug-likeness (QED) is 0.561. The molecule has 1 aliphatic rings. The van der Waals surface area contributed by atoms with Gasteiger partial charge in [-0.1, -0.05) is 13.8 Å². The van der Waals surface area contributed by atoms with Crippen LogP contribution in [-0.4, -0.2) is 65.9 Å². The summed E-state index contributed by atoms with van der Waals surface area (Å²) in [5.41, 5.74) is 1.15. The maximum Gasteiger partial charge on any atom is 0.255 e. The smallest absolute Gasteiger partial charge is 0.255 e. The number of hydrogen-bond acceptors (Lipinski definition) is 7. The molecule has 0 aromatic carbocycles. The molecule has 1 saturated heterocycles. The van der Waals surface area contributed by atoms with E-state index in [1.165, 1.54) is 11.8 Å². The van der Waals surface area contributed by atoms with E-state index >= 15 is 0 Å². The zero-order chi connectivity index (χ0) is 20.1. The Morgan fingerprint density at radius 1 is 1.43 bits per heavy atom. The molecule has 0 bridgehead atoms. The van der Waals surface area contributed by atoms with E-state index in [2.05, 4.69) is 34.0 Å². The first kappa shape index (κ1) is 20.8. The number of morpholine rings is 1. The van der Waals surface area contributed by atoms with Crippen molar-refractivity contribution < 1.29 is 13.9 Å². The normalized spacial score (nSPS) is 17.8. The van der Waals surface area contributed by atoms with Gasteiger partial charge >= 0.3 is 0 Å². The Kier molecular flexibility index (Phi) is 7.09. The minimum atomic E-state index is -0.169. The molecule has 1 fully saturated rings. The molecule has 8 heteroatoms. The van der Waals surface area contributed by atoms with Gasteiger partial charge in [0.15, 0.2) is 11.6 Å². The summed E-state index contributed by atoms with van der Waals surface area (Å²) in [5.74, 6) is 1.52. The molecule has 1 N–H and O–H groups in total. The molecule has 0 radical (unpaired) electrons. The first-order valence-electron chi connectivity index (χ1n) is 9.56. The van der Waals surface area contributed by atoms with Gasteiger partial charge in [0, 0.05) is 26.2 Å². The van der Waals surface area contributed by atoms with Crippen molar-refractivity contribution in [3.63, 3.8) is 0 Å². The number of hydrogen-bond donors (Lipinski definition) is 1. The highest BCUT2D eigenvalue weighted by atomic mass is 32.2. The summed E-state index contributed by atoms with van der Waals surface area (Å²) in [7, 11) is 0. The number of rotatable bonds is 7. The van der Waals surface area contributed by atoms with Crippen molar-refractivity contribution in [1.82, 2.24) is 20.2 Å². The van der Waals surface area contributed by atoms with E-state index in [9.17, 15) is 4.79 Å². The number of amides is 1. The Bertz CT molecular complexity index is 795. The lowest BCUT2D eigenvalue weighted by Crippen LogP contribution is -2.48. The average molecular weight is 405 g/mol. The molecule has 0 saturated carbocycles. The average Bonchev–Trinajstić information content (AvgIpc) is 3.20. The second-order valence-electron chi connectivity index (χ2n) is 7.35. The lowest BCUT2D eigenvalue weighted by atomic mass is 10.1. The van der Waals surface area contributed by atoms with Crippen LogP contribution >= 0.6 is 11.8 Å². The Hall–Kier alpha value is -1.90. The van der Waals surface area contributed by atoms with Crippen LogP contribution in [0.15, 0.2) is 27.8 Å². The largest absolute Gasteiger partial charge is 0.461 e. The third-order valence-electron chi connectivity index (χ3n) is 4.56. The predicted octanol–water partition coefficient (Wildman–Crippen LogP) is 2.85. The van der Waals surface area contributed by atoms with Crippen molar-refractivity contribution in [2.75, 3.05) is 39.0 Å². The number of furan rings is 1. The standard InChI is InChI=1S/C20H28N4O3S/c1-13(2)11-24-7-9-26-15(12-24)10-21-19(25)17-14(3)22-18(23-20(17)28-4)16-6-5-8-27-16/h5-6,8,13,15H,7,9-12H2,1-4H3,(H,21,25). The van der Waals surface area contributed by atoms with Crippen LogP contribution in [0.1, 0.15) is 29.9 Å². The minimum Gasteiger partial charge on any atom is -0.461 e. The van der Waals surface area contributed by atoms with Gasteiger partial charge in [-0.3, -0.25) is 9.69 Å². The highest BCUT2D eigenvalue weighted by molar-refractivity contribution is 7.98. The summed E-state index contributed by atoms with van der Waals surface area (Å²) >= 11 is 1.42. The van der Waals surface area contributed by atoms with Gasteiger partial charge in [0.1, 0.15) is 5.03 Å². The van der Waals surface area contributed by atoms with E-state index < -0.39 is 0 Å². The number of aromatic nitrogens is 2. The maximum absolute atomic E-state index is 12.8. The Balaban J connectivity index is 1.67. The number of aryl methyl sites for hydroxylation is 1. The molecule has 2 aromatic heterocycles. The molecule has 3 rings (SSSR count). The van der Waals surface area contributed by atoms with Crippen molar-refractivity contribution in [2.24, 2.45) is 5.92 Å². The van der Waals surface area contributed by atoms with Crippen LogP contribution in [0.3, 0.4) is 0 Å². The molecule has 3 heterocycles. The van der Waals surface area contributed by atoms with Gasteiger partial charge in [0.2, 0.25) is 0 Å². The monoisotopic (exact) mass is 404 g/mol. The second-order valence-corrected chi connectivity index (χ2v) is 8.15. The Labute approximate surface area is 170 Å². The van der Waals surface area contributed by atoms with Crippen molar-refractivity contribution in [1.29, 1.82) is 0 Å². The van der Waals surface area contributed by atoms with E-state index in [1.807, 2.05) is 19.2 Å². The predicted molar refractivity (Wildman–Crippen MR) is 110 cm³/mol. The summed E-state index contributed by atoms with van der Waals surface area (Å²) in [6.45, 7) is 10.2. The van der Waals surface area contributed by atoms with Crippen molar-refractivity contribution in [3.8, 4) is 11.6 Å². The minimum absolute atomic E-state index is 0.00204. The van der Waals surface area contributed by atoms with Gasteiger partial charge in [-0.15, -0.1) is 11.8 Å². The molecule has 152 valence electrons. The summed E-state index contributed by atoms with van der Waals surface area (Å²) in [5, 5.41) is 3.65. The van der Waals surface area contributed by atoms with E-state index in [0.29, 0.717) is 46.9 Å². The van der Waals surface area contributed by atoms with Crippen LogP contribution in [0.5, 0.6) is 0 Å². The molecule has 28 heavy (non-hydrogen) atoms. The molecule has 0 aliphatic carbocycles. The van der Waals surface area contributed by atoms with Crippen LogP contribution in [0.2, 0.25) is 0 Å². The van der Waals surface area contributed by atoms with Gasteiger partial charge in [-0.05, 0) is 31.2 Å². The van der Waals surface area contributed by atoms with Gasteiger partial charge in [-0.25, -0.2) is 9.97 Å². The molecule has 1 unspecified atom stereocenters. The second kappa shape index (κ2) is 9.54. The zero-order valence-corrected chi connectivity index (χ0v) is 17.7. The van der Waals surface area contributed by atoms with Crippen LogP contribution in [0.25, 0.3) is 11.6 Å². The van der Waals surface area contributed by atoms with Crippen LogP contribution in [0.4, 0.5) is 0 Å². The first-order valence-corrected chi connectivity index (χ1v) is 10.8. The fourth-order valence-electron chi connectivity index (χ4n) is 3.35. The molecular weight excluding hydrogens is 376 g/mol. The number of nitrogens with one attached hydrogen (secondary N) is 1. The molecule has 1 amide bonds. The number of ether oxygens (including phenoxy) is 1. The van der Waals surface area contributed by atoms with Crippen LogP contribution in [-0.2, 0) is 4.74 Å². The summed E-state index contributed by atoms with van der Waals surface area (Å²) in [4.78, 5) is 24.2. The van der Waals surface area contributed by atoms with Gasteiger partial charge in [0.25, 0.3) is 5.91 Å². The Morgan fingerprint density at radius 3 is 2.93 bits per heavy atom. The van der Waals surface area contributed by atoms with Crippen LogP contribution in [0, 0.1) is 12.8 Å². The zero-order valence-electron chi connectivity index (χ0n) is 16.9. The highest BCUT2D eigenvalue weighted by Gasteiger charge is 2.24. The summed E-state index contributed by atoms with van der Waals surface area (Å²) in [6, 6.07) is 3.60. The van der Waals surface area contributed by atoms with Gasteiger partial charge < -0.3 is 14.5 Å². The van der Waals surface area contributed by atoms with E-state index in [-0.39, 0.29) is 12.0 Å². The molecule has 1 aliphatic heterocycles. The van der Waals surface area contributed by atoms with E-state index in [1.54, 1.807) is 12.3 Å². The van der Waals surface area contributed by atoms with E-state index in [4.69, 9.17) is 9.15 Å². The topological polar surface area (TPSA) is 80.5 Å². The SMILES string of the molecule is CSc1nc(-c2ccco2)nc(C)c1C(=O)NCC1CN(CC(C)C)CCO1. The number of nitrogens with zero attached hydrogens (tertiary/aromatic N) is 3. The fraction of sp³-hybridized carbons (Fsp3) is 0.550. The molecule has 7 nitrogen and oxygen atoms in total. The third kappa shape index (κ3) is 5.12. The molecule has 1 atom stereocenters. The van der Waals surface area contributed by atoms with Crippen LogP contribution < -0.4 is 5.32 Å². The number of carbonyl (C=O) groups is 1. The molecule has 2 aromatic rings. The summed E-state index contributed by atoms with van der Waals surface area (Å²) in [6.07, 6.45) is 3.48. The maximum atomic E-state index is 12.8. The van der Waals surface area contributed by atoms with Crippen molar-refractivity contribution in [2.45, 2.75) is 31.9 Å².